The largest absolute Gasteiger partial charge is 0.236 e. The van der Waals surface area contributed by atoms with Crippen LogP contribution in [-0.4, -0.2) is 9.97 Å². The first-order chi connectivity index (χ1) is 11.9. The summed E-state index contributed by atoms with van der Waals surface area (Å²) in [5.41, 5.74) is 4.41. The molecule has 2 aromatic heterocycles. The third-order valence-electron chi connectivity index (χ3n) is 3.94. The fourth-order valence-corrected chi connectivity index (χ4v) is 4.70. The molecule has 0 saturated heterocycles. The molecule has 5 aromatic rings. The fourth-order valence-electron chi connectivity index (χ4n) is 2.78. The van der Waals surface area contributed by atoms with E-state index in [2.05, 4.69) is 60.7 Å². The number of hydrogen-bond acceptors (Lipinski definition) is 4. The number of thiazole rings is 2. The minimum Gasteiger partial charge on any atom is -0.236 e. The van der Waals surface area contributed by atoms with E-state index in [-0.39, 0.29) is 0 Å². The van der Waals surface area contributed by atoms with Crippen LogP contribution in [0.5, 0.6) is 0 Å². The molecule has 0 amide bonds. The Bertz CT molecular complexity index is 1020. The zero-order chi connectivity index (χ0) is 15.9. The van der Waals surface area contributed by atoms with Gasteiger partial charge in [0.25, 0.3) is 0 Å². The van der Waals surface area contributed by atoms with Crippen LogP contribution < -0.4 is 0 Å². The van der Waals surface area contributed by atoms with Gasteiger partial charge in [-0.25, -0.2) is 9.97 Å². The predicted octanol–water partition coefficient (Wildman–Crippen LogP) is 6.24. The molecule has 0 atom stereocenters. The molecule has 114 valence electrons. The molecular weight excluding hydrogens is 332 g/mol. The van der Waals surface area contributed by atoms with Gasteiger partial charge in [0.05, 0.1) is 20.4 Å². The minimum absolute atomic E-state index is 1.05. The fraction of sp³-hybridized carbons (Fsp3) is 0. The van der Waals surface area contributed by atoms with Gasteiger partial charge in [0.15, 0.2) is 0 Å². The van der Waals surface area contributed by atoms with Gasteiger partial charge in [0, 0.05) is 11.1 Å². The van der Waals surface area contributed by atoms with Gasteiger partial charge in [-0.3, -0.25) is 0 Å². The minimum atomic E-state index is 1.05. The van der Waals surface area contributed by atoms with Crippen molar-refractivity contribution in [1.29, 1.82) is 0 Å². The molecule has 0 N–H and O–H groups in total. The van der Waals surface area contributed by atoms with Gasteiger partial charge in [-0.05, 0) is 30.3 Å². The Morgan fingerprint density at radius 1 is 0.542 bits per heavy atom. The van der Waals surface area contributed by atoms with Crippen LogP contribution >= 0.6 is 22.7 Å². The number of nitrogens with zero attached hydrogens (tertiary/aromatic N) is 2. The smallest absolute Gasteiger partial charge is 0.124 e. The lowest BCUT2D eigenvalue weighted by Crippen LogP contribution is -1.79. The summed E-state index contributed by atoms with van der Waals surface area (Å²) in [7, 11) is 0. The first-order valence-electron chi connectivity index (χ1n) is 7.69. The second kappa shape index (κ2) is 5.51. The highest BCUT2D eigenvalue weighted by Gasteiger charge is 2.10. The highest BCUT2D eigenvalue weighted by Crippen LogP contribution is 2.34. The van der Waals surface area contributed by atoms with E-state index in [0.29, 0.717) is 0 Å². The number of para-hydroxylation sites is 2. The number of rotatable bonds is 2. The molecule has 2 nitrogen and oxygen atoms in total. The lowest BCUT2D eigenvalue weighted by Gasteiger charge is -1.99. The average molecular weight is 344 g/mol. The third kappa shape index (κ3) is 2.31. The molecule has 24 heavy (non-hydrogen) atoms. The molecule has 0 aliphatic carbocycles. The van der Waals surface area contributed by atoms with Crippen LogP contribution in [0.4, 0.5) is 0 Å². The first-order valence-corrected chi connectivity index (χ1v) is 9.32. The van der Waals surface area contributed by atoms with Gasteiger partial charge in [-0.2, -0.15) is 0 Å². The summed E-state index contributed by atoms with van der Waals surface area (Å²) in [5, 5.41) is 2.11. The van der Waals surface area contributed by atoms with Gasteiger partial charge < -0.3 is 0 Å². The van der Waals surface area contributed by atoms with Crippen molar-refractivity contribution in [2.24, 2.45) is 0 Å². The summed E-state index contributed by atoms with van der Waals surface area (Å²) in [4.78, 5) is 9.52. The summed E-state index contributed by atoms with van der Waals surface area (Å²) in [6.45, 7) is 0. The van der Waals surface area contributed by atoms with Crippen LogP contribution in [0.2, 0.25) is 0 Å². The topological polar surface area (TPSA) is 25.8 Å². The molecular formula is C20H12N2S2. The van der Waals surface area contributed by atoms with Crippen molar-refractivity contribution >= 4 is 43.1 Å². The van der Waals surface area contributed by atoms with Crippen LogP contribution in [0, 0.1) is 0 Å². The maximum atomic E-state index is 4.76. The van der Waals surface area contributed by atoms with E-state index in [4.69, 9.17) is 9.97 Å². The molecule has 0 saturated carbocycles. The second-order valence-corrected chi connectivity index (χ2v) is 7.62. The van der Waals surface area contributed by atoms with E-state index < -0.39 is 0 Å². The van der Waals surface area contributed by atoms with Crippen LogP contribution in [0.15, 0.2) is 72.8 Å². The Balaban J connectivity index is 1.62. The van der Waals surface area contributed by atoms with Crippen LogP contribution in [0.25, 0.3) is 41.6 Å². The lowest BCUT2D eigenvalue weighted by atomic mass is 10.1. The van der Waals surface area contributed by atoms with Crippen molar-refractivity contribution in [2.45, 2.75) is 0 Å². The van der Waals surface area contributed by atoms with Crippen LogP contribution in [0.1, 0.15) is 0 Å². The zero-order valence-electron chi connectivity index (χ0n) is 12.6. The molecule has 5 rings (SSSR count). The monoisotopic (exact) mass is 344 g/mol. The summed E-state index contributed by atoms with van der Waals surface area (Å²) in [6.07, 6.45) is 0. The van der Waals surface area contributed by atoms with E-state index in [1.807, 2.05) is 12.1 Å². The van der Waals surface area contributed by atoms with Crippen molar-refractivity contribution in [1.82, 2.24) is 9.97 Å². The molecule has 0 aliphatic heterocycles. The molecule has 0 fully saturated rings. The number of aromatic nitrogens is 2. The van der Waals surface area contributed by atoms with Crippen LogP contribution in [0.3, 0.4) is 0 Å². The SMILES string of the molecule is c1cc(-c2nc3ccccc3s2)cc(-c2nc3ccccc3s2)c1. The van der Waals surface area contributed by atoms with Crippen molar-refractivity contribution in [3.8, 4) is 21.1 Å². The van der Waals surface area contributed by atoms with Gasteiger partial charge in [-0.1, -0.05) is 42.5 Å². The Hall–Kier alpha value is -2.56. The molecule has 0 unspecified atom stereocenters. The summed E-state index contributed by atoms with van der Waals surface area (Å²) in [5.74, 6) is 0. The highest BCUT2D eigenvalue weighted by molar-refractivity contribution is 7.22. The summed E-state index contributed by atoms with van der Waals surface area (Å²) >= 11 is 3.46. The normalized spacial score (nSPS) is 11.3. The molecule has 0 bridgehead atoms. The Kier molecular flexibility index (Phi) is 3.18. The first kappa shape index (κ1) is 13.8. The average Bonchev–Trinajstić information content (AvgIpc) is 3.26. The van der Waals surface area contributed by atoms with Crippen molar-refractivity contribution in [2.75, 3.05) is 0 Å². The standard InChI is InChI=1S/C20H12N2S2/c1-3-10-17-15(8-1)21-19(23-17)13-6-5-7-14(12-13)20-22-16-9-2-4-11-18(16)24-20/h1-12H. The van der Waals surface area contributed by atoms with Crippen molar-refractivity contribution in [3.63, 3.8) is 0 Å². The van der Waals surface area contributed by atoms with Gasteiger partial charge in [0.1, 0.15) is 10.0 Å². The summed E-state index contributed by atoms with van der Waals surface area (Å²) in [6, 6.07) is 25.1. The second-order valence-electron chi connectivity index (χ2n) is 5.55. The van der Waals surface area contributed by atoms with Gasteiger partial charge in [-0.15, -0.1) is 22.7 Å². The molecule has 0 aliphatic rings. The summed E-state index contributed by atoms with van der Waals surface area (Å²) < 4.78 is 2.44. The number of hydrogen-bond donors (Lipinski definition) is 0. The highest BCUT2D eigenvalue weighted by atomic mass is 32.1. The quantitative estimate of drug-likeness (QED) is 0.379. The van der Waals surface area contributed by atoms with E-state index in [0.717, 1.165) is 32.2 Å². The molecule has 3 aromatic carbocycles. The van der Waals surface area contributed by atoms with E-state index in [1.165, 1.54) is 9.40 Å². The van der Waals surface area contributed by atoms with Gasteiger partial charge in [0.2, 0.25) is 0 Å². The zero-order valence-corrected chi connectivity index (χ0v) is 14.3. The van der Waals surface area contributed by atoms with Crippen LogP contribution in [-0.2, 0) is 0 Å². The Labute approximate surface area is 147 Å². The van der Waals surface area contributed by atoms with E-state index in [9.17, 15) is 0 Å². The van der Waals surface area contributed by atoms with E-state index >= 15 is 0 Å². The third-order valence-corrected chi connectivity index (χ3v) is 6.12. The molecule has 2 heterocycles. The predicted molar refractivity (Wildman–Crippen MR) is 104 cm³/mol. The molecule has 0 radical (unpaired) electrons. The lowest BCUT2D eigenvalue weighted by molar-refractivity contribution is 1.45. The van der Waals surface area contributed by atoms with E-state index in [1.54, 1.807) is 22.7 Å². The Morgan fingerprint density at radius 3 is 1.54 bits per heavy atom. The molecule has 0 spiro atoms. The molecule has 4 heteroatoms. The van der Waals surface area contributed by atoms with Crippen molar-refractivity contribution < 1.29 is 0 Å². The van der Waals surface area contributed by atoms with Crippen molar-refractivity contribution in [3.05, 3.63) is 72.8 Å². The number of fused-ring (bicyclic) bond motifs is 2. The maximum Gasteiger partial charge on any atom is 0.124 e. The number of benzene rings is 3. The Morgan fingerprint density at radius 2 is 1.04 bits per heavy atom. The van der Waals surface area contributed by atoms with Gasteiger partial charge >= 0.3 is 0 Å². The maximum absolute atomic E-state index is 4.76.